The summed E-state index contributed by atoms with van der Waals surface area (Å²) in [5, 5.41) is 0. The van der Waals surface area contributed by atoms with Crippen molar-refractivity contribution in [3.63, 3.8) is 0 Å². The monoisotopic (exact) mass is 120 g/mol. The van der Waals surface area contributed by atoms with E-state index in [-0.39, 0.29) is 6.54 Å². The fourth-order valence-electron chi connectivity index (χ4n) is 0.623. The molecule has 0 atom stereocenters. The number of nitrogens with two attached hydrogens (primary N) is 1. The molecule has 0 amide bonds. The number of rotatable bonds is 1. The number of nitrogen functional groups attached to an aromatic ring is 1. The Morgan fingerprint density at radius 2 is 1.78 bits per heavy atom. The third-order valence-electron chi connectivity index (χ3n) is 1.16. The van der Waals surface area contributed by atoms with Crippen molar-refractivity contribution in [1.29, 1.82) is 0 Å². The number of hydrogen-bond donors (Lipinski definition) is 1. The molecule has 0 spiro atoms. The molecule has 0 saturated carbocycles. The molecule has 46 valence electrons. The van der Waals surface area contributed by atoms with Crippen LogP contribution in [0.15, 0.2) is 24.3 Å². The highest BCUT2D eigenvalue weighted by Crippen LogP contribution is 2.03. The van der Waals surface area contributed by atoms with Crippen molar-refractivity contribution in [3.8, 4) is 0 Å². The summed E-state index contributed by atoms with van der Waals surface area (Å²) in [5.41, 5.74) is 15.6. The maximum atomic E-state index is 8.59. The van der Waals surface area contributed by atoms with Crippen molar-refractivity contribution in [1.82, 2.24) is 5.73 Å². The average Bonchev–Trinajstić information content (AvgIpc) is 1.90. The molecule has 0 bridgehead atoms. The van der Waals surface area contributed by atoms with Gasteiger partial charge >= 0.3 is 0 Å². The number of benzene rings is 1. The lowest BCUT2D eigenvalue weighted by atomic mass is 10.2. The van der Waals surface area contributed by atoms with E-state index in [4.69, 9.17) is 11.5 Å². The molecule has 0 saturated heterocycles. The molecular weight excluding hydrogens is 112 g/mol. The van der Waals surface area contributed by atoms with Crippen LogP contribution in [0.4, 0.5) is 5.69 Å². The minimum atomic E-state index is 0.0836. The molecule has 2 nitrogen and oxygen atoms in total. The van der Waals surface area contributed by atoms with Crippen molar-refractivity contribution in [2.24, 2.45) is 0 Å². The average molecular weight is 120 g/mol. The van der Waals surface area contributed by atoms with Gasteiger partial charge in [0.15, 0.2) is 0 Å². The lowest BCUT2D eigenvalue weighted by Gasteiger charge is -1.93. The topological polar surface area (TPSA) is 48.3 Å². The molecule has 1 rings (SSSR count). The van der Waals surface area contributed by atoms with Crippen LogP contribution in [-0.2, 0) is 6.54 Å². The third-order valence-corrected chi connectivity index (χ3v) is 1.16. The minimum Gasteiger partial charge on any atom is -0.399 e. The molecule has 0 aliphatic carbocycles. The van der Waals surface area contributed by atoms with Gasteiger partial charge in [0.1, 0.15) is 0 Å². The van der Waals surface area contributed by atoms with Crippen LogP contribution in [0.3, 0.4) is 0 Å². The van der Waals surface area contributed by atoms with Crippen LogP contribution in [-0.4, -0.2) is 0 Å². The highest BCUT2D eigenvalue weighted by atomic mass is 14.5. The van der Waals surface area contributed by atoms with Gasteiger partial charge in [-0.3, -0.25) is 0 Å². The Morgan fingerprint density at radius 3 is 2.22 bits per heavy atom. The van der Waals surface area contributed by atoms with Crippen LogP contribution < -0.4 is 11.5 Å². The zero-order valence-electron chi connectivity index (χ0n) is 5.04. The van der Waals surface area contributed by atoms with Gasteiger partial charge in [-0.25, -0.2) is 0 Å². The van der Waals surface area contributed by atoms with E-state index in [9.17, 15) is 0 Å². The van der Waals surface area contributed by atoms with Crippen LogP contribution in [0.25, 0.3) is 0 Å². The van der Waals surface area contributed by atoms with E-state index in [2.05, 4.69) is 0 Å². The number of nitrogens with zero attached hydrogens (tertiary/aromatic N) is 1. The molecule has 2 N–H and O–H groups in total. The van der Waals surface area contributed by atoms with E-state index >= 15 is 0 Å². The van der Waals surface area contributed by atoms with Crippen molar-refractivity contribution in [2.45, 2.75) is 6.54 Å². The third kappa shape index (κ3) is 1.44. The van der Waals surface area contributed by atoms with Crippen LogP contribution in [0, 0.1) is 0 Å². The molecule has 0 aromatic heterocycles. The molecule has 9 heavy (non-hydrogen) atoms. The summed E-state index contributed by atoms with van der Waals surface area (Å²) in [7, 11) is 0. The van der Waals surface area contributed by atoms with Crippen molar-refractivity contribution in [3.05, 3.63) is 29.8 Å². The first kappa shape index (κ1) is 6.11. The van der Waals surface area contributed by atoms with Gasteiger partial charge in [0.05, 0.1) is 6.54 Å². The van der Waals surface area contributed by atoms with Gasteiger partial charge in [-0.1, -0.05) is 12.1 Å². The van der Waals surface area contributed by atoms with Crippen LogP contribution in [0.5, 0.6) is 0 Å². The standard InChI is InChI=1S/C7H8N2/c8-5-6-1-3-7(9)4-2-6/h1-4H,5,9H2. The van der Waals surface area contributed by atoms with Gasteiger partial charge in [-0.15, -0.1) is 5.73 Å². The van der Waals surface area contributed by atoms with Crippen LogP contribution in [0.1, 0.15) is 5.56 Å². The summed E-state index contributed by atoms with van der Waals surface area (Å²) in [5.74, 6) is 0. The van der Waals surface area contributed by atoms with E-state index in [0.29, 0.717) is 0 Å². The molecule has 1 aromatic carbocycles. The highest BCUT2D eigenvalue weighted by Gasteiger charge is 1.86. The van der Waals surface area contributed by atoms with Crippen LogP contribution in [0.2, 0.25) is 0 Å². The van der Waals surface area contributed by atoms with Crippen LogP contribution >= 0.6 is 0 Å². The SMILES string of the molecule is [N]Cc1ccc(N)cc1. The molecule has 0 heterocycles. The quantitative estimate of drug-likeness (QED) is 0.548. The van der Waals surface area contributed by atoms with E-state index < -0.39 is 0 Å². The van der Waals surface area contributed by atoms with Gasteiger partial charge in [0, 0.05) is 5.69 Å². The second kappa shape index (κ2) is 2.51. The van der Waals surface area contributed by atoms with E-state index in [1.165, 1.54) is 0 Å². The maximum absolute atomic E-state index is 8.59. The normalized spacial score (nSPS) is 9.44. The Kier molecular flexibility index (Phi) is 1.70. The Labute approximate surface area is 54.5 Å². The first-order valence-corrected chi connectivity index (χ1v) is 2.78. The molecule has 0 unspecified atom stereocenters. The molecule has 0 aliphatic heterocycles. The summed E-state index contributed by atoms with van der Waals surface area (Å²) in [6, 6.07) is 7.14. The summed E-state index contributed by atoms with van der Waals surface area (Å²) >= 11 is 0. The zero-order valence-corrected chi connectivity index (χ0v) is 5.04. The fourth-order valence-corrected chi connectivity index (χ4v) is 0.623. The Morgan fingerprint density at radius 1 is 1.22 bits per heavy atom. The largest absolute Gasteiger partial charge is 0.399 e. The van der Waals surface area contributed by atoms with E-state index in [0.717, 1.165) is 11.3 Å². The molecule has 2 heteroatoms. The molecule has 1 aromatic rings. The molecule has 0 fully saturated rings. The minimum absolute atomic E-state index is 0.0836. The fraction of sp³-hybridized carbons (Fsp3) is 0.143. The number of hydrogen-bond acceptors (Lipinski definition) is 1. The second-order valence-corrected chi connectivity index (χ2v) is 1.90. The summed E-state index contributed by atoms with van der Waals surface area (Å²) < 4.78 is 0. The summed E-state index contributed by atoms with van der Waals surface area (Å²) in [6.07, 6.45) is 0. The van der Waals surface area contributed by atoms with Crippen molar-refractivity contribution >= 4 is 5.69 Å². The summed E-state index contributed by atoms with van der Waals surface area (Å²) in [6.45, 7) is 0.0836. The second-order valence-electron chi connectivity index (χ2n) is 1.90. The first-order chi connectivity index (χ1) is 4.33. The zero-order chi connectivity index (χ0) is 6.69. The molecule has 0 aliphatic rings. The van der Waals surface area contributed by atoms with Crippen molar-refractivity contribution in [2.75, 3.05) is 5.73 Å². The van der Waals surface area contributed by atoms with E-state index in [1.807, 2.05) is 0 Å². The lowest BCUT2D eigenvalue weighted by Crippen LogP contribution is -1.86. The lowest BCUT2D eigenvalue weighted by molar-refractivity contribution is 1.03. The molecule has 2 radical (unpaired) electrons. The Balaban J connectivity index is 2.88. The summed E-state index contributed by atoms with van der Waals surface area (Å²) in [4.78, 5) is 0. The Bertz CT molecular complexity index is 179. The van der Waals surface area contributed by atoms with Gasteiger partial charge in [0.2, 0.25) is 0 Å². The van der Waals surface area contributed by atoms with Gasteiger partial charge < -0.3 is 5.73 Å². The molecular formula is C7H8N2. The highest BCUT2D eigenvalue weighted by molar-refractivity contribution is 5.39. The van der Waals surface area contributed by atoms with E-state index in [1.54, 1.807) is 24.3 Å². The number of anilines is 1. The van der Waals surface area contributed by atoms with Gasteiger partial charge in [0.25, 0.3) is 0 Å². The van der Waals surface area contributed by atoms with Gasteiger partial charge in [-0.05, 0) is 17.7 Å². The smallest absolute Gasteiger partial charge is 0.0572 e. The predicted molar refractivity (Wildman–Crippen MR) is 36.7 cm³/mol. The maximum Gasteiger partial charge on any atom is 0.0572 e. The Hall–Kier alpha value is -1.02. The predicted octanol–water partition coefficient (Wildman–Crippen LogP) is 0.838. The first-order valence-electron chi connectivity index (χ1n) is 2.78. The van der Waals surface area contributed by atoms with Crippen molar-refractivity contribution < 1.29 is 0 Å². The van der Waals surface area contributed by atoms with Gasteiger partial charge in [-0.2, -0.15) is 0 Å².